The van der Waals surface area contributed by atoms with E-state index in [1.54, 1.807) is 0 Å². The van der Waals surface area contributed by atoms with Gasteiger partial charge in [-0.05, 0) is 35.7 Å². The van der Waals surface area contributed by atoms with Gasteiger partial charge in [0.1, 0.15) is 0 Å². The van der Waals surface area contributed by atoms with Crippen molar-refractivity contribution >= 4 is 28.1 Å². The van der Waals surface area contributed by atoms with E-state index in [9.17, 15) is 4.79 Å². The highest BCUT2D eigenvalue weighted by molar-refractivity contribution is 6.09. The topological polar surface area (TPSA) is 41.6 Å². The van der Waals surface area contributed by atoms with Crippen LogP contribution in [-0.2, 0) is 4.74 Å². The number of hydrogen-bond donors (Lipinski definition) is 1. The van der Waals surface area contributed by atoms with E-state index in [0.29, 0.717) is 5.56 Å². The fourth-order valence-electron chi connectivity index (χ4n) is 3.17. The van der Waals surface area contributed by atoms with Gasteiger partial charge in [0.2, 0.25) is 0 Å². The second-order valence-electron chi connectivity index (χ2n) is 6.13. The molecule has 0 unspecified atom stereocenters. The quantitative estimate of drug-likeness (QED) is 0.790. The SMILES string of the molecule is O=C(Nc1cccc2ccccc12)c1ccc(N2CCOCC2)cc1. The molecule has 0 aromatic heterocycles. The molecule has 1 fully saturated rings. The summed E-state index contributed by atoms with van der Waals surface area (Å²) in [4.78, 5) is 14.9. The van der Waals surface area contributed by atoms with Gasteiger partial charge in [-0.1, -0.05) is 36.4 Å². The molecule has 3 aromatic carbocycles. The molecule has 3 aromatic rings. The number of rotatable bonds is 3. The van der Waals surface area contributed by atoms with Gasteiger partial charge in [0.05, 0.1) is 13.2 Å². The number of nitrogens with zero attached hydrogens (tertiary/aromatic N) is 1. The van der Waals surface area contributed by atoms with Gasteiger partial charge in [0.25, 0.3) is 5.91 Å². The van der Waals surface area contributed by atoms with E-state index in [0.717, 1.165) is 48.5 Å². The Hall–Kier alpha value is -2.85. The van der Waals surface area contributed by atoms with Gasteiger partial charge < -0.3 is 15.0 Å². The van der Waals surface area contributed by atoms with E-state index in [-0.39, 0.29) is 5.91 Å². The first-order chi connectivity index (χ1) is 12.3. The Balaban J connectivity index is 1.52. The second-order valence-corrected chi connectivity index (χ2v) is 6.13. The number of fused-ring (bicyclic) bond motifs is 1. The molecule has 0 aliphatic carbocycles. The fourth-order valence-corrected chi connectivity index (χ4v) is 3.17. The number of ether oxygens (including phenoxy) is 1. The standard InChI is InChI=1S/C21H20N2O2/c24-21(22-20-7-3-5-16-4-1-2-6-19(16)20)17-8-10-18(11-9-17)23-12-14-25-15-13-23/h1-11H,12-15H2,(H,22,24). The van der Waals surface area contributed by atoms with Crippen molar-refractivity contribution in [3.63, 3.8) is 0 Å². The van der Waals surface area contributed by atoms with Crippen LogP contribution in [0, 0.1) is 0 Å². The summed E-state index contributed by atoms with van der Waals surface area (Å²) in [6.45, 7) is 3.29. The molecular weight excluding hydrogens is 312 g/mol. The van der Waals surface area contributed by atoms with Crippen LogP contribution in [0.3, 0.4) is 0 Å². The minimum Gasteiger partial charge on any atom is -0.378 e. The molecule has 126 valence electrons. The van der Waals surface area contributed by atoms with Gasteiger partial charge in [-0.3, -0.25) is 4.79 Å². The Labute approximate surface area is 147 Å². The number of morpholine rings is 1. The smallest absolute Gasteiger partial charge is 0.255 e. The molecule has 1 saturated heterocycles. The zero-order valence-corrected chi connectivity index (χ0v) is 13.9. The molecule has 1 N–H and O–H groups in total. The van der Waals surface area contributed by atoms with Crippen molar-refractivity contribution in [3.8, 4) is 0 Å². The summed E-state index contributed by atoms with van der Waals surface area (Å²) in [6, 6.07) is 21.7. The molecule has 0 saturated carbocycles. The van der Waals surface area contributed by atoms with Gasteiger partial charge in [0, 0.05) is 35.4 Å². The van der Waals surface area contributed by atoms with Gasteiger partial charge in [-0.25, -0.2) is 0 Å². The number of hydrogen-bond acceptors (Lipinski definition) is 3. The second kappa shape index (κ2) is 6.95. The van der Waals surface area contributed by atoms with Crippen LogP contribution in [0.25, 0.3) is 10.8 Å². The van der Waals surface area contributed by atoms with Crippen LogP contribution in [0.15, 0.2) is 66.7 Å². The van der Waals surface area contributed by atoms with Crippen LogP contribution in [0.5, 0.6) is 0 Å². The van der Waals surface area contributed by atoms with Gasteiger partial charge in [-0.2, -0.15) is 0 Å². The molecular formula is C21H20N2O2. The summed E-state index contributed by atoms with van der Waals surface area (Å²) in [5, 5.41) is 5.19. The minimum atomic E-state index is -0.0927. The van der Waals surface area contributed by atoms with Crippen LogP contribution in [-0.4, -0.2) is 32.2 Å². The summed E-state index contributed by atoms with van der Waals surface area (Å²) in [5.74, 6) is -0.0927. The number of carbonyl (C=O) groups excluding carboxylic acids is 1. The maximum atomic E-state index is 12.6. The predicted molar refractivity (Wildman–Crippen MR) is 101 cm³/mol. The molecule has 1 heterocycles. The molecule has 25 heavy (non-hydrogen) atoms. The molecule has 4 heteroatoms. The van der Waals surface area contributed by atoms with Crippen LogP contribution < -0.4 is 10.2 Å². The largest absolute Gasteiger partial charge is 0.378 e. The number of carbonyl (C=O) groups is 1. The van der Waals surface area contributed by atoms with Crippen molar-refractivity contribution in [2.75, 3.05) is 36.5 Å². The summed E-state index contributed by atoms with van der Waals surface area (Å²) < 4.78 is 5.38. The summed E-state index contributed by atoms with van der Waals surface area (Å²) in [6.07, 6.45) is 0. The van der Waals surface area contributed by atoms with Crippen LogP contribution in [0.2, 0.25) is 0 Å². The molecule has 1 amide bonds. The molecule has 0 bridgehead atoms. The maximum absolute atomic E-state index is 12.6. The van der Waals surface area contributed by atoms with Crippen molar-refractivity contribution in [1.29, 1.82) is 0 Å². The fraction of sp³-hybridized carbons (Fsp3) is 0.190. The monoisotopic (exact) mass is 332 g/mol. The first-order valence-electron chi connectivity index (χ1n) is 8.53. The van der Waals surface area contributed by atoms with Crippen LogP contribution in [0.4, 0.5) is 11.4 Å². The van der Waals surface area contributed by atoms with E-state index >= 15 is 0 Å². The third-order valence-electron chi connectivity index (χ3n) is 4.54. The predicted octanol–water partition coefficient (Wildman–Crippen LogP) is 3.93. The average molecular weight is 332 g/mol. The lowest BCUT2D eigenvalue weighted by atomic mass is 10.1. The zero-order valence-electron chi connectivity index (χ0n) is 13.9. The number of anilines is 2. The minimum absolute atomic E-state index is 0.0927. The molecule has 1 aliphatic heterocycles. The Morgan fingerprint density at radius 1 is 0.880 bits per heavy atom. The third kappa shape index (κ3) is 3.35. The summed E-state index contributed by atoms with van der Waals surface area (Å²) in [5.41, 5.74) is 2.62. The Morgan fingerprint density at radius 3 is 2.40 bits per heavy atom. The molecule has 1 aliphatic rings. The zero-order chi connectivity index (χ0) is 17.1. The van der Waals surface area contributed by atoms with E-state index in [1.807, 2.05) is 66.7 Å². The summed E-state index contributed by atoms with van der Waals surface area (Å²) in [7, 11) is 0. The van der Waals surface area contributed by atoms with E-state index in [2.05, 4.69) is 10.2 Å². The average Bonchev–Trinajstić information content (AvgIpc) is 2.69. The van der Waals surface area contributed by atoms with E-state index < -0.39 is 0 Å². The Morgan fingerprint density at radius 2 is 1.60 bits per heavy atom. The van der Waals surface area contributed by atoms with Crippen molar-refractivity contribution in [2.24, 2.45) is 0 Å². The number of nitrogens with one attached hydrogen (secondary N) is 1. The van der Waals surface area contributed by atoms with Gasteiger partial charge in [0.15, 0.2) is 0 Å². The van der Waals surface area contributed by atoms with E-state index in [1.165, 1.54) is 0 Å². The first kappa shape index (κ1) is 15.7. The molecule has 0 radical (unpaired) electrons. The molecule has 4 rings (SSSR count). The molecule has 0 atom stereocenters. The Bertz CT molecular complexity index is 879. The highest BCUT2D eigenvalue weighted by Crippen LogP contribution is 2.24. The lowest BCUT2D eigenvalue weighted by Gasteiger charge is -2.28. The number of amides is 1. The number of benzene rings is 3. The van der Waals surface area contributed by atoms with Crippen molar-refractivity contribution < 1.29 is 9.53 Å². The molecule has 0 spiro atoms. The van der Waals surface area contributed by atoms with Crippen molar-refractivity contribution in [3.05, 3.63) is 72.3 Å². The van der Waals surface area contributed by atoms with Gasteiger partial charge >= 0.3 is 0 Å². The van der Waals surface area contributed by atoms with Crippen LogP contribution >= 0.6 is 0 Å². The van der Waals surface area contributed by atoms with Crippen molar-refractivity contribution in [2.45, 2.75) is 0 Å². The lowest BCUT2D eigenvalue weighted by molar-refractivity contribution is 0.102. The first-order valence-corrected chi connectivity index (χ1v) is 8.53. The summed E-state index contributed by atoms with van der Waals surface area (Å²) >= 11 is 0. The highest BCUT2D eigenvalue weighted by atomic mass is 16.5. The van der Waals surface area contributed by atoms with Gasteiger partial charge in [-0.15, -0.1) is 0 Å². The third-order valence-corrected chi connectivity index (χ3v) is 4.54. The van der Waals surface area contributed by atoms with Crippen LogP contribution in [0.1, 0.15) is 10.4 Å². The lowest BCUT2D eigenvalue weighted by Crippen LogP contribution is -2.36. The van der Waals surface area contributed by atoms with E-state index in [4.69, 9.17) is 4.74 Å². The van der Waals surface area contributed by atoms with Crippen molar-refractivity contribution in [1.82, 2.24) is 0 Å². The molecule has 4 nitrogen and oxygen atoms in total. The normalized spacial score (nSPS) is 14.5. The maximum Gasteiger partial charge on any atom is 0.255 e. The Kier molecular flexibility index (Phi) is 4.36. The highest BCUT2D eigenvalue weighted by Gasteiger charge is 2.13.